The minimum atomic E-state index is -4.98. The van der Waals surface area contributed by atoms with Gasteiger partial charge in [-0.2, -0.15) is 13.2 Å². The number of hydrogen-bond acceptors (Lipinski definition) is 2. The Balaban J connectivity index is 2.84. The number of amides is 1. The van der Waals surface area contributed by atoms with Crippen molar-refractivity contribution >= 4 is 23.4 Å². The Labute approximate surface area is 93.0 Å². The van der Waals surface area contributed by atoms with Gasteiger partial charge >= 0.3 is 12.1 Å². The first-order chi connectivity index (χ1) is 7.34. The maximum atomic E-state index is 13.1. The van der Waals surface area contributed by atoms with Crippen LogP contribution in [0, 0.1) is 5.82 Å². The number of nitrogens with one attached hydrogen (secondary N) is 1. The highest BCUT2D eigenvalue weighted by molar-refractivity contribution is 7.98. The number of benzene rings is 1. The third kappa shape index (κ3) is 3.13. The highest BCUT2D eigenvalue weighted by atomic mass is 32.2. The summed E-state index contributed by atoms with van der Waals surface area (Å²) in [5, 5.41) is 1.56. The largest absolute Gasteiger partial charge is 0.471 e. The Kier molecular flexibility index (Phi) is 3.79. The van der Waals surface area contributed by atoms with Gasteiger partial charge in [0.25, 0.3) is 0 Å². The van der Waals surface area contributed by atoms with Crippen molar-refractivity contribution < 1.29 is 22.4 Å². The number of anilines is 1. The van der Waals surface area contributed by atoms with Gasteiger partial charge in [0.15, 0.2) is 0 Å². The van der Waals surface area contributed by atoms with E-state index < -0.39 is 17.9 Å². The van der Waals surface area contributed by atoms with E-state index in [-0.39, 0.29) is 5.69 Å². The molecule has 0 saturated heterocycles. The average Bonchev–Trinajstić information content (AvgIpc) is 2.16. The van der Waals surface area contributed by atoms with Gasteiger partial charge in [0, 0.05) is 10.6 Å². The van der Waals surface area contributed by atoms with Crippen molar-refractivity contribution in [2.24, 2.45) is 0 Å². The predicted molar refractivity (Wildman–Crippen MR) is 52.9 cm³/mol. The molecule has 2 nitrogen and oxygen atoms in total. The minimum Gasteiger partial charge on any atom is -0.318 e. The van der Waals surface area contributed by atoms with Gasteiger partial charge < -0.3 is 5.32 Å². The maximum absolute atomic E-state index is 13.1. The second-order valence-electron chi connectivity index (χ2n) is 2.80. The smallest absolute Gasteiger partial charge is 0.318 e. The molecule has 1 N–H and O–H groups in total. The summed E-state index contributed by atoms with van der Waals surface area (Å²) >= 11 is 1.12. The van der Waals surface area contributed by atoms with E-state index >= 15 is 0 Å². The summed E-state index contributed by atoms with van der Waals surface area (Å²) in [5.41, 5.74) is -0.224. The molecule has 0 atom stereocenters. The van der Waals surface area contributed by atoms with Crippen molar-refractivity contribution in [1.29, 1.82) is 0 Å². The summed E-state index contributed by atoms with van der Waals surface area (Å²) in [6, 6.07) is 3.35. The van der Waals surface area contributed by atoms with Crippen molar-refractivity contribution in [2.45, 2.75) is 11.1 Å². The van der Waals surface area contributed by atoms with Crippen LogP contribution in [0.15, 0.2) is 23.1 Å². The monoisotopic (exact) mass is 253 g/mol. The fourth-order valence-corrected chi connectivity index (χ4v) is 1.40. The normalized spacial score (nSPS) is 11.3. The van der Waals surface area contributed by atoms with Crippen molar-refractivity contribution in [2.75, 3.05) is 11.6 Å². The molecule has 0 saturated carbocycles. The van der Waals surface area contributed by atoms with Crippen molar-refractivity contribution in [1.82, 2.24) is 0 Å². The predicted octanol–water partition coefficient (Wildman–Crippen LogP) is 3.05. The van der Waals surface area contributed by atoms with E-state index in [1.165, 1.54) is 12.1 Å². The van der Waals surface area contributed by atoms with E-state index in [0.29, 0.717) is 4.90 Å². The van der Waals surface area contributed by atoms with Gasteiger partial charge in [-0.25, -0.2) is 4.39 Å². The third-order valence-electron chi connectivity index (χ3n) is 1.67. The van der Waals surface area contributed by atoms with Crippen LogP contribution in [0.3, 0.4) is 0 Å². The van der Waals surface area contributed by atoms with Crippen LogP contribution < -0.4 is 5.32 Å². The van der Waals surface area contributed by atoms with E-state index in [1.807, 2.05) is 0 Å². The molecule has 0 heterocycles. The number of thioether (sulfide) groups is 1. The summed E-state index contributed by atoms with van der Waals surface area (Å²) in [6.45, 7) is 0. The van der Waals surface area contributed by atoms with Crippen LogP contribution in [0.2, 0.25) is 0 Å². The summed E-state index contributed by atoms with van der Waals surface area (Å²) in [5.74, 6) is -2.80. The Morgan fingerprint density at radius 3 is 2.44 bits per heavy atom. The first-order valence-electron chi connectivity index (χ1n) is 4.06. The van der Waals surface area contributed by atoms with E-state index in [0.717, 1.165) is 17.8 Å². The van der Waals surface area contributed by atoms with E-state index in [1.54, 1.807) is 11.6 Å². The Bertz CT molecular complexity index is 405. The van der Waals surface area contributed by atoms with Crippen LogP contribution in [0.1, 0.15) is 0 Å². The topological polar surface area (TPSA) is 29.1 Å². The lowest BCUT2D eigenvalue weighted by Crippen LogP contribution is -2.29. The molecule has 0 aliphatic rings. The Hall–Kier alpha value is -1.24. The molecule has 0 aliphatic carbocycles. The highest BCUT2D eigenvalue weighted by Gasteiger charge is 2.38. The number of carbonyl (C=O) groups excluding carboxylic acids is 1. The lowest BCUT2D eigenvalue weighted by molar-refractivity contribution is -0.167. The van der Waals surface area contributed by atoms with Gasteiger partial charge in [-0.05, 0) is 24.5 Å². The zero-order chi connectivity index (χ0) is 12.3. The molecule has 0 radical (unpaired) electrons. The second kappa shape index (κ2) is 4.73. The zero-order valence-corrected chi connectivity index (χ0v) is 8.88. The summed E-state index contributed by atoms with van der Waals surface area (Å²) < 4.78 is 48.8. The van der Waals surface area contributed by atoms with Crippen molar-refractivity contribution in [3.63, 3.8) is 0 Å². The summed E-state index contributed by atoms with van der Waals surface area (Å²) in [7, 11) is 0. The molecule has 1 aromatic carbocycles. The van der Waals surface area contributed by atoms with Gasteiger partial charge in [-0.3, -0.25) is 4.79 Å². The number of halogens is 4. The van der Waals surface area contributed by atoms with E-state index in [9.17, 15) is 22.4 Å². The standard InChI is InChI=1S/C9H7F4NOS/c1-16-7-3-2-5(4-6(7)10)14-8(15)9(11,12)13/h2-4H,1H3,(H,14,15). The first-order valence-corrected chi connectivity index (χ1v) is 5.29. The van der Waals surface area contributed by atoms with Gasteiger partial charge in [0.05, 0.1) is 0 Å². The molecule has 88 valence electrons. The third-order valence-corrected chi connectivity index (χ3v) is 2.44. The molecule has 0 bridgehead atoms. The van der Waals surface area contributed by atoms with Gasteiger partial charge in [0.1, 0.15) is 5.82 Å². The van der Waals surface area contributed by atoms with Crippen LogP contribution in [0.5, 0.6) is 0 Å². The first kappa shape index (κ1) is 12.8. The molecule has 7 heteroatoms. The molecule has 16 heavy (non-hydrogen) atoms. The molecule has 0 unspecified atom stereocenters. The van der Waals surface area contributed by atoms with Crippen molar-refractivity contribution in [3.05, 3.63) is 24.0 Å². The van der Waals surface area contributed by atoms with E-state index in [4.69, 9.17) is 0 Å². The number of rotatable bonds is 2. The quantitative estimate of drug-likeness (QED) is 0.648. The second-order valence-corrected chi connectivity index (χ2v) is 3.65. The highest BCUT2D eigenvalue weighted by Crippen LogP contribution is 2.23. The Morgan fingerprint density at radius 1 is 1.38 bits per heavy atom. The Morgan fingerprint density at radius 2 is 2.00 bits per heavy atom. The number of alkyl halides is 3. The maximum Gasteiger partial charge on any atom is 0.471 e. The lowest BCUT2D eigenvalue weighted by atomic mass is 10.3. The van der Waals surface area contributed by atoms with E-state index in [2.05, 4.69) is 0 Å². The molecule has 1 rings (SSSR count). The molecule has 1 aromatic rings. The fraction of sp³-hybridized carbons (Fsp3) is 0.222. The van der Waals surface area contributed by atoms with Gasteiger partial charge in [-0.1, -0.05) is 0 Å². The van der Waals surface area contributed by atoms with Crippen molar-refractivity contribution in [3.8, 4) is 0 Å². The van der Waals surface area contributed by atoms with Gasteiger partial charge in [-0.15, -0.1) is 11.8 Å². The number of hydrogen-bond donors (Lipinski definition) is 1. The molecule has 0 spiro atoms. The van der Waals surface area contributed by atoms with Crippen LogP contribution >= 0.6 is 11.8 Å². The fourth-order valence-electron chi connectivity index (χ4n) is 0.946. The molecule has 0 aromatic heterocycles. The van der Waals surface area contributed by atoms with Crippen LogP contribution in [-0.2, 0) is 4.79 Å². The molecule has 0 aliphatic heterocycles. The lowest BCUT2D eigenvalue weighted by Gasteiger charge is -2.08. The number of carbonyl (C=O) groups is 1. The van der Waals surface area contributed by atoms with Crippen LogP contribution in [-0.4, -0.2) is 18.3 Å². The molecular formula is C9H7F4NOS. The molecular weight excluding hydrogens is 246 g/mol. The average molecular weight is 253 g/mol. The SMILES string of the molecule is CSc1ccc(NC(=O)C(F)(F)F)cc1F. The minimum absolute atomic E-state index is 0.224. The molecule has 0 fully saturated rings. The van der Waals surface area contributed by atoms with Gasteiger partial charge in [0.2, 0.25) is 0 Å². The van der Waals surface area contributed by atoms with Crippen LogP contribution in [0.4, 0.5) is 23.2 Å². The summed E-state index contributed by atoms with van der Waals surface area (Å²) in [4.78, 5) is 10.8. The molecule has 1 amide bonds. The van der Waals surface area contributed by atoms with Crippen LogP contribution in [0.25, 0.3) is 0 Å². The zero-order valence-electron chi connectivity index (χ0n) is 8.06. The summed E-state index contributed by atoms with van der Waals surface area (Å²) in [6.07, 6.45) is -3.35.